The normalized spacial score (nSPS) is 16.6. The third kappa shape index (κ3) is 3.55. The standard InChI is InChI=1S/C29H24N2O4S/c1-34-23-10-6-5-9-20(23)27-21-13-12-18-7-3-4-8-19(18)26(21)30-29-31(27)28(33)25(36-29)16-17-11-14-22(32)24(15-17)35-2/h3-11,14-16,27,32H,12-13H2,1-2H3/b25-16-/t27-/m1/s1. The van der Waals surface area contributed by atoms with Gasteiger partial charge in [0.05, 0.1) is 30.5 Å². The lowest BCUT2D eigenvalue weighted by molar-refractivity contribution is 0.373. The van der Waals surface area contributed by atoms with Crippen LogP contribution in [0.2, 0.25) is 0 Å². The number of hydrogen-bond acceptors (Lipinski definition) is 6. The molecule has 2 heterocycles. The summed E-state index contributed by atoms with van der Waals surface area (Å²) in [6.45, 7) is 0. The van der Waals surface area contributed by atoms with Crippen molar-refractivity contribution in [2.45, 2.75) is 18.9 Å². The van der Waals surface area contributed by atoms with Crippen molar-refractivity contribution in [3.63, 3.8) is 0 Å². The third-order valence-corrected chi connectivity index (χ3v) is 7.79. The third-order valence-electron chi connectivity index (χ3n) is 6.81. The van der Waals surface area contributed by atoms with Crippen molar-refractivity contribution < 1.29 is 14.6 Å². The predicted octanol–water partition coefficient (Wildman–Crippen LogP) is 4.04. The summed E-state index contributed by atoms with van der Waals surface area (Å²) in [6, 6.07) is 21.0. The van der Waals surface area contributed by atoms with Crippen molar-refractivity contribution in [1.29, 1.82) is 0 Å². The Balaban J connectivity index is 1.62. The molecule has 1 N–H and O–H groups in total. The highest BCUT2D eigenvalue weighted by molar-refractivity contribution is 7.07. The minimum atomic E-state index is -0.308. The Morgan fingerprint density at radius 1 is 1.00 bits per heavy atom. The van der Waals surface area contributed by atoms with Gasteiger partial charge in [0.1, 0.15) is 5.75 Å². The molecular formula is C29H24N2O4S. The van der Waals surface area contributed by atoms with Crippen LogP contribution in [0.4, 0.5) is 0 Å². The van der Waals surface area contributed by atoms with Gasteiger partial charge in [0, 0.05) is 11.1 Å². The number of aromatic hydroxyl groups is 1. The second-order valence-corrected chi connectivity index (χ2v) is 9.80. The van der Waals surface area contributed by atoms with Gasteiger partial charge in [-0.15, -0.1) is 0 Å². The van der Waals surface area contributed by atoms with Crippen LogP contribution in [0.1, 0.15) is 34.7 Å². The van der Waals surface area contributed by atoms with Crippen LogP contribution in [-0.4, -0.2) is 23.9 Å². The Morgan fingerprint density at radius 2 is 1.78 bits per heavy atom. The smallest absolute Gasteiger partial charge is 0.271 e. The second kappa shape index (κ2) is 8.84. The topological polar surface area (TPSA) is 73.0 Å². The fourth-order valence-corrected chi connectivity index (χ4v) is 6.13. The average molecular weight is 497 g/mol. The lowest BCUT2D eigenvalue weighted by atomic mass is 9.83. The number of aryl methyl sites for hydroxylation is 1. The summed E-state index contributed by atoms with van der Waals surface area (Å²) in [7, 11) is 3.16. The van der Waals surface area contributed by atoms with E-state index in [2.05, 4.69) is 18.2 Å². The molecule has 0 spiro atoms. The van der Waals surface area contributed by atoms with Crippen LogP contribution in [0.5, 0.6) is 17.2 Å². The molecule has 1 atom stereocenters. The SMILES string of the molecule is COc1cc(/C=c2\sc3n(c2=O)[C@H](c2ccccc2OC)C2=C(N=3)c3ccccc3CC2)ccc1O. The zero-order valence-corrected chi connectivity index (χ0v) is 20.7. The van der Waals surface area contributed by atoms with Gasteiger partial charge >= 0.3 is 0 Å². The maximum Gasteiger partial charge on any atom is 0.271 e. The average Bonchev–Trinajstić information content (AvgIpc) is 3.22. The van der Waals surface area contributed by atoms with E-state index in [9.17, 15) is 9.90 Å². The van der Waals surface area contributed by atoms with E-state index in [0.717, 1.165) is 46.6 Å². The molecule has 0 bridgehead atoms. The number of phenols is 1. The summed E-state index contributed by atoms with van der Waals surface area (Å²) in [4.78, 5) is 19.6. The van der Waals surface area contributed by atoms with Crippen molar-refractivity contribution in [3.8, 4) is 17.2 Å². The molecule has 7 heteroatoms. The van der Waals surface area contributed by atoms with E-state index in [1.54, 1.807) is 29.9 Å². The highest BCUT2D eigenvalue weighted by Gasteiger charge is 2.33. The van der Waals surface area contributed by atoms with Crippen LogP contribution >= 0.6 is 11.3 Å². The first-order chi connectivity index (χ1) is 17.6. The number of aromatic nitrogens is 1. The number of hydrogen-bond donors (Lipinski definition) is 1. The molecule has 2 aliphatic rings. The molecule has 0 saturated carbocycles. The van der Waals surface area contributed by atoms with Gasteiger partial charge in [0.25, 0.3) is 5.56 Å². The van der Waals surface area contributed by atoms with Crippen LogP contribution in [-0.2, 0) is 6.42 Å². The molecule has 180 valence electrons. The van der Waals surface area contributed by atoms with Crippen molar-refractivity contribution in [2.75, 3.05) is 14.2 Å². The van der Waals surface area contributed by atoms with Gasteiger partial charge in [0.15, 0.2) is 16.3 Å². The minimum Gasteiger partial charge on any atom is -0.504 e. The first-order valence-corrected chi connectivity index (χ1v) is 12.5. The number of para-hydroxylation sites is 1. The largest absolute Gasteiger partial charge is 0.504 e. The maximum atomic E-state index is 13.9. The summed E-state index contributed by atoms with van der Waals surface area (Å²) in [5, 5.41) is 9.96. The van der Waals surface area contributed by atoms with Gasteiger partial charge < -0.3 is 14.6 Å². The number of benzene rings is 3. The van der Waals surface area contributed by atoms with Gasteiger partial charge in [-0.05, 0) is 53.8 Å². The van der Waals surface area contributed by atoms with Gasteiger partial charge in [-0.25, -0.2) is 4.99 Å². The Morgan fingerprint density at radius 3 is 2.61 bits per heavy atom. The van der Waals surface area contributed by atoms with Gasteiger partial charge in [-0.2, -0.15) is 0 Å². The molecule has 0 radical (unpaired) electrons. The molecule has 0 unspecified atom stereocenters. The molecule has 0 amide bonds. The molecule has 6 rings (SSSR count). The molecule has 1 aromatic heterocycles. The van der Waals surface area contributed by atoms with E-state index in [-0.39, 0.29) is 17.4 Å². The van der Waals surface area contributed by atoms with Crippen LogP contribution < -0.4 is 24.4 Å². The quantitative estimate of drug-likeness (QED) is 0.463. The van der Waals surface area contributed by atoms with Crippen molar-refractivity contribution in [1.82, 2.24) is 4.57 Å². The van der Waals surface area contributed by atoms with E-state index < -0.39 is 0 Å². The Bertz CT molecular complexity index is 1710. The minimum absolute atomic E-state index is 0.0543. The fourth-order valence-electron chi connectivity index (χ4n) is 5.13. The number of fused-ring (bicyclic) bond motifs is 3. The fraction of sp³-hybridized carbons (Fsp3) is 0.172. The number of thiazole rings is 1. The van der Waals surface area contributed by atoms with Crippen LogP contribution in [0.25, 0.3) is 11.8 Å². The zero-order chi connectivity index (χ0) is 24.8. The molecule has 3 aromatic carbocycles. The van der Waals surface area contributed by atoms with Crippen molar-refractivity contribution >= 4 is 23.1 Å². The van der Waals surface area contributed by atoms with Gasteiger partial charge in [0.2, 0.25) is 0 Å². The van der Waals surface area contributed by atoms with E-state index >= 15 is 0 Å². The Labute approximate surface area is 211 Å². The molecule has 1 aliphatic carbocycles. The number of rotatable bonds is 4. The molecular weight excluding hydrogens is 472 g/mol. The molecule has 4 aromatic rings. The van der Waals surface area contributed by atoms with E-state index in [1.165, 1.54) is 24.0 Å². The van der Waals surface area contributed by atoms with E-state index in [4.69, 9.17) is 14.5 Å². The number of allylic oxidation sites excluding steroid dienone is 1. The Hall–Kier alpha value is -4.10. The van der Waals surface area contributed by atoms with Crippen molar-refractivity contribution in [3.05, 3.63) is 114 Å². The number of nitrogens with zero attached hydrogens (tertiary/aromatic N) is 2. The first kappa shape index (κ1) is 22.4. The molecule has 1 aliphatic heterocycles. The monoisotopic (exact) mass is 496 g/mol. The zero-order valence-electron chi connectivity index (χ0n) is 19.9. The molecule has 0 saturated heterocycles. The van der Waals surface area contributed by atoms with E-state index in [1.807, 2.05) is 36.4 Å². The molecule has 36 heavy (non-hydrogen) atoms. The summed E-state index contributed by atoms with van der Waals surface area (Å²) in [6.07, 6.45) is 3.53. The van der Waals surface area contributed by atoms with Gasteiger partial charge in [-0.3, -0.25) is 9.36 Å². The predicted molar refractivity (Wildman–Crippen MR) is 140 cm³/mol. The van der Waals surface area contributed by atoms with E-state index in [0.29, 0.717) is 15.1 Å². The maximum absolute atomic E-state index is 13.9. The Kier molecular flexibility index (Phi) is 5.49. The summed E-state index contributed by atoms with van der Waals surface area (Å²) < 4.78 is 13.3. The number of ether oxygens (including phenoxy) is 2. The van der Waals surface area contributed by atoms with Gasteiger partial charge in [-0.1, -0.05) is 59.9 Å². The highest BCUT2D eigenvalue weighted by Crippen LogP contribution is 2.43. The summed E-state index contributed by atoms with van der Waals surface area (Å²) in [5.41, 5.74) is 6.08. The highest BCUT2D eigenvalue weighted by atomic mass is 32.1. The second-order valence-electron chi connectivity index (χ2n) is 8.79. The van der Waals surface area contributed by atoms with Crippen LogP contribution in [0.3, 0.4) is 0 Å². The lowest BCUT2D eigenvalue weighted by Crippen LogP contribution is -2.38. The van der Waals surface area contributed by atoms with Crippen LogP contribution in [0.15, 0.2) is 82.1 Å². The van der Waals surface area contributed by atoms with Crippen LogP contribution in [0, 0.1) is 0 Å². The lowest BCUT2D eigenvalue weighted by Gasteiger charge is -2.31. The first-order valence-electron chi connectivity index (χ1n) is 11.7. The van der Waals surface area contributed by atoms with Crippen molar-refractivity contribution in [2.24, 2.45) is 4.99 Å². The molecule has 6 nitrogen and oxygen atoms in total. The number of methoxy groups -OCH3 is 2. The number of phenolic OH excluding ortho intramolecular Hbond substituents is 1. The summed E-state index contributed by atoms with van der Waals surface area (Å²) in [5.74, 6) is 1.15. The molecule has 0 fully saturated rings. The summed E-state index contributed by atoms with van der Waals surface area (Å²) >= 11 is 1.37.